The number of nitrogens with zero attached hydrogens (tertiary/aromatic N) is 10. The van der Waals surface area contributed by atoms with Gasteiger partial charge in [0, 0.05) is 107 Å². The zero-order valence-corrected chi connectivity index (χ0v) is 47.5. The number of primary sulfonamides is 1. The number of hydrogen-bond acceptors (Lipinski definition) is 22. The number of nitrogens with one attached hydrogen (secondary N) is 3. The molecule has 0 saturated heterocycles. The first kappa shape index (κ1) is 63.4. The molecule has 0 atom stereocenters. The molecule has 6 aromatic heterocycles. The molecule has 35 heteroatoms. The second kappa shape index (κ2) is 26.4. The number of ether oxygens (including phenoxy) is 4. The maximum atomic E-state index is 13.4. The standard InChI is InChI=1S/C24H22F3N7O5S2.C23H19F3N6O4S.CH5NO2S/c1-38-15-8-14(9-16(10-15)39-2)30-23-29-12-18(20(31-23)34-6-5-19(32-34)24(25,26)27)13-7-17(22(40-3)28-11-13)21(35)33-41(4,36)37;1-35-14-7-13(8-15(9-14)36-2)29-22-28-11-17(12-6-16(21(33)34)20(37-3)27-10-12)19(30-22)32-5-4-18(31-32)23(24,25)26;1-5(2,3)4/h5-12H,1-4H3,(H,33,35)(H,29,30,31);4-11H,1-3H3,(H,33,34)(H,28,29,30);1H3,(H2,2,3,4). The van der Waals surface area contributed by atoms with Crippen molar-refractivity contribution in [3.63, 3.8) is 0 Å². The van der Waals surface area contributed by atoms with Crippen LogP contribution in [0.1, 0.15) is 32.1 Å². The first-order chi connectivity index (χ1) is 38.9. The van der Waals surface area contributed by atoms with Crippen molar-refractivity contribution in [2.75, 3.05) is 64.1 Å². The minimum absolute atomic E-state index is 0.00755. The number of amides is 1. The Balaban J connectivity index is 0.000000247. The number of anilines is 4. The van der Waals surface area contributed by atoms with E-state index in [-0.39, 0.29) is 67.0 Å². The molecule has 6 heterocycles. The maximum Gasteiger partial charge on any atom is 0.435 e. The van der Waals surface area contributed by atoms with Crippen molar-refractivity contribution in [2.45, 2.75) is 22.4 Å². The normalized spacial score (nSPS) is 11.5. The van der Waals surface area contributed by atoms with E-state index >= 15 is 0 Å². The maximum absolute atomic E-state index is 13.4. The summed E-state index contributed by atoms with van der Waals surface area (Å²) in [5.74, 6) is -0.322. The molecule has 0 radical (unpaired) electrons. The number of sulfonamides is 2. The Bertz CT molecular complexity index is 3860. The third kappa shape index (κ3) is 17.4. The molecule has 1 amide bonds. The molecule has 0 bridgehead atoms. The van der Waals surface area contributed by atoms with Gasteiger partial charge < -0.3 is 34.7 Å². The lowest BCUT2D eigenvalue weighted by Crippen LogP contribution is -2.30. The number of carboxylic acids is 1. The van der Waals surface area contributed by atoms with Crippen molar-refractivity contribution in [3.8, 4) is 56.9 Å². The number of rotatable bonds is 17. The molecular formula is C48H46F6N14O11S4. The van der Waals surface area contributed by atoms with Crippen molar-refractivity contribution in [1.29, 1.82) is 0 Å². The molecule has 83 heavy (non-hydrogen) atoms. The van der Waals surface area contributed by atoms with E-state index in [1.165, 1.54) is 65.4 Å². The number of aromatic carboxylic acids is 1. The van der Waals surface area contributed by atoms with Crippen LogP contribution in [0.15, 0.2) is 108 Å². The number of carboxylic acid groups (broad SMARTS) is 1. The van der Waals surface area contributed by atoms with E-state index in [9.17, 15) is 57.9 Å². The Morgan fingerprint density at radius 1 is 0.590 bits per heavy atom. The highest BCUT2D eigenvalue weighted by atomic mass is 32.2. The van der Waals surface area contributed by atoms with Crippen LogP contribution in [0.25, 0.3) is 33.9 Å². The molecule has 0 aliphatic heterocycles. The number of pyridine rings is 2. The van der Waals surface area contributed by atoms with Crippen LogP contribution in [0.3, 0.4) is 0 Å². The molecule has 6 N–H and O–H groups in total. The van der Waals surface area contributed by atoms with E-state index in [1.54, 1.807) is 48.9 Å². The molecule has 440 valence electrons. The summed E-state index contributed by atoms with van der Waals surface area (Å²) < 4.78 is 147. The van der Waals surface area contributed by atoms with Crippen LogP contribution in [-0.2, 0) is 32.4 Å². The second-order valence-corrected chi connectivity index (χ2v) is 21.5. The van der Waals surface area contributed by atoms with Gasteiger partial charge in [-0.1, -0.05) is 0 Å². The van der Waals surface area contributed by atoms with Gasteiger partial charge in [0.1, 0.15) is 33.0 Å². The first-order valence-corrected chi connectivity index (χ1v) is 29.1. The summed E-state index contributed by atoms with van der Waals surface area (Å²) in [6.07, 6.45) is 3.30. The topological polar surface area (TPSA) is 335 Å². The van der Waals surface area contributed by atoms with Crippen molar-refractivity contribution >= 4 is 78.7 Å². The highest BCUT2D eigenvalue weighted by molar-refractivity contribution is 7.98. The summed E-state index contributed by atoms with van der Waals surface area (Å²) in [4.78, 5) is 50.2. The van der Waals surface area contributed by atoms with Crippen LogP contribution in [0.2, 0.25) is 0 Å². The predicted molar refractivity (Wildman–Crippen MR) is 292 cm³/mol. The van der Waals surface area contributed by atoms with Crippen molar-refractivity contribution in [3.05, 3.63) is 120 Å². The Morgan fingerprint density at radius 2 is 0.952 bits per heavy atom. The third-order valence-electron chi connectivity index (χ3n) is 10.4. The van der Waals surface area contributed by atoms with Crippen LogP contribution in [0.5, 0.6) is 23.0 Å². The van der Waals surface area contributed by atoms with Crippen LogP contribution in [-0.4, -0.2) is 137 Å². The largest absolute Gasteiger partial charge is 0.497 e. The van der Waals surface area contributed by atoms with E-state index in [1.807, 2.05) is 4.72 Å². The molecule has 0 aliphatic carbocycles. The summed E-state index contributed by atoms with van der Waals surface area (Å²) in [5, 5.41) is 27.6. The summed E-state index contributed by atoms with van der Waals surface area (Å²) in [6, 6.07) is 14.2. The summed E-state index contributed by atoms with van der Waals surface area (Å²) in [7, 11) is -1.14. The van der Waals surface area contributed by atoms with Gasteiger partial charge in [-0.25, -0.2) is 60.8 Å². The van der Waals surface area contributed by atoms with Crippen LogP contribution < -0.4 is 39.4 Å². The number of carbonyl (C=O) groups excluding carboxylic acids is 1. The van der Waals surface area contributed by atoms with Gasteiger partial charge in [0.25, 0.3) is 5.91 Å². The fraction of sp³-hybridized carbons (Fsp3) is 0.208. The number of thioether (sulfide) groups is 2. The van der Waals surface area contributed by atoms with E-state index in [4.69, 9.17) is 18.9 Å². The number of methoxy groups -OCH3 is 4. The monoisotopic (exact) mass is 1240 g/mol. The minimum Gasteiger partial charge on any atom is -0.497 e. The molecular weight excluding hydrogens is 1190 g/mol. The molecule has 0 saturated carbocycles. The highest BCUT2D eigenvalue weighted by Gasteiger charge is 2.35. The average Bonchev–Trinajstić information content (AvgIpc) is 3.71. The lowest BCUT2D eigenvalue weighted by atomic mass is 10.1. The first-order valence-electron chi connectivity index (χ1n) is 22.8. The fourth-order valence-corrected chi connectivity index (χ4v) is 8.39. The Hall–Kier alpha value is -8.80. The summed E-state index contributed by atoms with van der Waals surface area (Å²) >= 11 is 2.25. The molecule has 2 aromatic carbocycles. The average molecular weight is 1240 g/mol. The molecule has 0 fully saturated rings. The van der Waals surface area contributed by atoms with Crippen molar-refractivity contribution in [2.24, 2.45) is 5.14 Å². The van der Waals surface area contributed by atoms with Gasteiger partial charge >= 0.3 is 18.3 Å². The zero-order chi connectivity index (χ0) is 61.2. The molecule has 25 nitrogen and oxygen atoms in total. The lowest BCUT2D eigenvalue weighted by molar-refractivity contribution is -0.142. The highest BCUT2D eigenvalue weighted by Crippen LogP contribution is 2.36. The Morgan fingerprint density at radius 3 is 1.27 bits per heavy atom. The van der Waals surface area contributed by atoms with Crippen LogP contribution in [0.4, 0.5) is 49.6 Å². The molecule has 8 aromatic rings. The van der Waals surface area contributed by atoms with E-state index in [2.05, 4.69) is 55.9 Å². The molecule has 0 spiro atoms. The van der Waals surface area contributed by atoms with E-state index in [0.717, 1.165) is 69.9 Å². The quantitative estimate of drug-likeness (QED) is 0.0429. The van der Waals surface area contributed by atoms with Gasteiger partial charge in [0.05, 0.1) is 52.1 Å². The second-order valence-electron chi connectivity index (χ2n) is 16.5. The van der Waals surface area contributed by atoms with Crippen LogP contribution >= 0.6 is 23.5 Å². The van der Waals surface area contributed by atoms with Gasteiger partial charge in [-0.2, -0.15) is 46.5 Å². The predicted octanol–water partition coefficient (Wildman–Crippen LogP) is 7.74. The van der Waals surface area contributed by atoms with Crippen molar-refractivity contribution in [1.82, 2.24) is 54.2 Å². The third-order valence-corrected chi connectivity index (χ3v) is 12.4. The van der Waals surface area contributed by atoms with E-state index < -0.39 is 55.7 Å². The summed E-state index contributed by atoms with van der Waals surface area (Å²) in [6.45, 7) is 0. The van der Waals surface area contributed by atoms with Gasteiger partial charge in [-0.15, -0.1) is 23.5 Å². The molecule has 0 unspecified atom stereocenters. The molecule has 8 rings (SSSR count). The number of alkyl halides is 6. The lowest BCUT2D eigenvalue weighted by Gasteiger charge is -2.14. The van der Waals surface area contributed by atoms with Gasteiger partial charge in [0.15, 0.2) is 23.0 Å². The smallest absolute Gasteiger partial charge is 0.435 e. The van der Waals surface area contributed by atoms with Gasteiger partial charge in [-0.05, 0) is 36.8 Å². The van der Waals surface area contributed by atoms with Gasteiger partial charge in [-0.3, -0.25) is 4.79 Å². The Labute approximate surface area is 476 Å². The molecule has 0 aliphatic rings. The SMILES string of the molecule is COc1cc(Nc2ncc(-c3cnc(SC)c(C(=O)NS(C)(=O)=O)c3)c(-n3ccc(C(F)(F)F)n3)n2)cc(OC)c1.COc1cc(Nc2ncc(-c3cnc(SC)c(C(=O)O)c3)c(-n3ccc(C(F)(F)F)n3)n2)cc(OC)c1.CS(N)(=O)=O. The number of carbonyl (C=O) groups is 2. The van der Waals surface area contributed by atoms with Gasteiger partial charge in [0.2, 0.25) is 31.9 Å². The van der Waals surface area contributed by atoms with Crippen LogP contribution in [0, 0.1) is 0 Å². The van der Waals surface area contributed by atoms with Crippen molar-refractivity contribution < 1.29 is 76.8 Å². The fourth-order valence-electron chi connectivity index (χ4n) is 6.89. The number of halogens is 6. The minimum atomic E-state index is -4.71. The zero-order valence-electron chi connectivity index (χ0n) is 44.2. The summed E-state index contributed by atoms with van der Waals surface area (Å²) in [5.41, 5.74) is -0.597. The Kier molecular flexibility index (Phi) is 20.2. The van der Waals surface area contributed by atoms with E-state index in [0.29, 0.717) is 34.4 Å². The number of hydrogen-bond donors (Lipinski definition) is 5. The number of benzene rings is 2. The number of aromatic nitrogens is 10. The number of nitrogens with two attached hydrogens (primary N) is 1.